The van der Waals surface area contributed by atoms with Gasteiger partial charge in [-0.05, 0) is 82.0 Å². The fourth-order valence-electron chi connectivity index (χ4n) is 5.62. The van der Waals surface area contributed by atoms with E-state index in [0.717, 1.165) is 49.1 Å². The van der Waals surface area contributed by atoms with Gasteiger partial charge in [-0.1, -0.05) is 36.9 Å². The van der Waals surface area contributed by atoms with Crippen LogP contribution in [0.1, 0.15) is 24.0 Å². The van der Waals surface area contributed by atoms with Gasteiger partial charge in [-0.2, -0.15) is 4.98 Å². The Morgan fingerprint density at radius 1 is 1.15 bits per heavy atom. The number of piperidine rings is 1. The van der Waals surface area contributed by atoms with Crippen LogP contribution in [0.2, 0.25) is 0 Å². The molecule has 12 nitrogen and oxygen atoms in total. The van der Waals surface area contributed by atoms with Crippen LogP contribution >= 0.6 is 0 Å². The van der Waals surface area contributed by atoms with E-state index in [2.05, 4.69) is 39.1 Å². The van der Waals surface area contributed by atoms with Crippen molar-refractivity contribution in [2.45, 2.75) is 25.4 Å². The number of hydrogen-bond donors (Lipinski definition) is 4. The molecule has 1 atom stereocenters. The van der Waals surface area contributed by atoms with Crippen molar-refractivity contribution < 1.29 is 13.5 Å². The molecular weight excluding hydrogens is 629 g/mol. The average Bonchev–Trinajstić information content (AvgIpc) is 3.07. The summed E-state index contributed by atoms with van der Waals surface area (Å²) in [7, 11) is 1.44. The average molecular weight is 671 g/mol. The first-order valence-corrected chi connectivity index (χ1v) is 17.4. The van der Waals surface area contributed by atoms with Gasteiger partial charge in [-0.15, -0.1) is 0 Å². The lowest BCUT2D eigenvalue weighted by Crippen LogP contribution is -2.39. The SMILES string of the molecule is C=C(c1ccccc1)c1cc2cnc(Nc3ccc(NC4CCCN(C)C4)cc3)nc2n(C/C(C=N)=C(/O)S(=O)(=O)CCN(C)C)c1=O. The van der Waals surface area contributed by atoms with E-state index >= 15 is 0 Å². The van der Waals surface area contributed by atoms with Crippen molar-refractivity contribution in [3.63, 3.8) is 0 Å². The lowest BCUT2D eigenvalue weighted by molar-refractivity contribution is 0.261. The van der Waals surface area contributed by atoms with Gasteiger partial charge in [0.05, 0.1) is 12.3 Å². The van der Waals surface area contributed by atoms with Gasteiger partial charge in [0.2, 0.25) is 20.9 Å². The van der Waals surface area contributed by atoms with E-state index in [1.54, 1.807) is 31.3 Å². The molecule has 1 aliphatic rings. The fraction of sp³-hybridized carbons (Fsp3) is 0.314. The monoisotopic (exact) mass is 670 g/mol. The maximum atomic E-state index is 14.1. The third-order valence-electron chi connectivity index (χ3n) is 8.29. The molecule has 0 saturated carbocycles. The summed E-state index contributed by atoms with van der Waals surface area (Å²) in [4.78, 5) is 27.2. The van der Waals surface area contributed by atoms with Gasteiger partial charge < -0.3 is 30.9 Å². The van der Waals surface area contributed by atoms with Gasteiger partial charge >= 0.3 is 0 Å². The first-order chi connectivity index (χ1) is 22.9. The van der Waals surface area contributed by atoms with E-state index in [9.17, 15) is 18.3 Å². The maximum absolute atomic E-state index is 14.1. The summed E-state index contributed by atoms with van der Waals surface area (Å²) in [5.74, 6) is -0.144. The molecule has 4 N–H and O–H groups in total. The van der Waals surface area contributed by atoms with Crippen LogP contribution in [0.15, 0.2) is 88.9 Å². The number of allylic oxidation sites excluding steroid dienone is 1. The summed E-state index contributed by atoms with van der Waals surface area (Å²) in [5.41, 5.74) is 2.60. The molecule has 13 heteroatoms. The number of sulfone groups is 1. The molecule has 0 bridgehead atoms. The summed E-state index contributed by atoms with van der Waals surface area (Å²) in [5, 5.41) is 25.2. The number of likely N-dealkylation sites (N-methyl/N-ethyl adjacent to an activating group) is 1. The zero-order valence-corrected chi connectivity index (χ0v) is 28.3. The molecule has 2 aromatic carbocycles. The topological polar surface area (TPSA) is 157 Å². The summed E-state index contributed by atoms with van der Waals surface area (Å²) in [6, 6.07) is 19.0. The van der Waals surface area contributed by atoms with E-state index in [1.807, 2.05) is 54.6 Å². The summed E-state index contributed by atoms with van der Waals surface area (Å²) in [6.45, 7) is 6.01. The van der Waals surface area contributed by atoms with Crippen LogP contribution < -0.4 is 16.2 Å². The van der Waals surface area contributed by atoms with Crippen LogP contribution in [0.4, 0.5) is 17.3 Å². The second-order valence-electron chi connectivity index (χ2n) is 12.3. The Balaban J connectivity index is 1.52. The van der Waals surface area contributed by atoms with E-state index in [-0.39, 0.29) is 35.0 Å². The molecule has 3 heterocycles. The minimum Gasteiger partial charge on any atom is -0.498 e. The predicted molar refractivity (Wildman–Crippen MR) is 193 cm³/mol. The molecule has 0 amide bonds. The van der Waals surface area contributed by atoms with Crippen molar-refractivity contribution in [2.75, 3.05) is 57.2 Å². The highest BCUT2D eigenvalue weighted by atomic mass is 32.2. The molecule has 0 aliphatic carbocycles. The Bertz CT molecular complexity index is 1990. The van der Waals surface area contributed by atoms with E-state index in [1.165, 1.54) is 4.57 Å². The zero-order valence-electron chi connectivity index (χ0n) is 27.5. The molecule has 0 radical (unpaired) electrons. The first kappa shape index (κ1) is 34.5. The lowest BCUT2D eigenvalue weighted by Gasteiger charge is -2.30. The van der Waals surface area contributed by atoms with Crippen LogP contribution in [-0.2, 0) is 16.4 Å². The molecule has 48 heavy (non-hydrogen) atoms. The highest BCUT2D eigenvalue weighted by Crippen LogP contribution is 2.25. The van der Waals surface area contributed by atoms with E-state index in [0.29, 0.717) is 17.0 Å². The second kappa shape index (κ2) is 14.9. The van der Waals surface area contributed by atoms with Crippen molar-refractivity contribution in [1.82, 2.24) is 24.3 Å². The number of benzene rings is 2. The normalized spacial score (nSPS) is 16.0. The number of likely N-dealkylation sites (tertiary alicyclic amines) is 1. The molecular formula is C35H42N8O4S. The van der Waals surface area contributed by atoms with Crippen molar-refractivity contribution >= 4 is 50.0 Å². The number of anilines is 3. The van der Waals surface area contributed by atoms with Crippen LogP contribution in [0, 0.1) is 5.41 Å². The Labute approximate surface area is 280 Å². The standard InChI is InChI=1S/C35H42N8O4S/c1-24(25-9-6-5-7-10-25)31-19-26-21-37-35(39-29-14-12-28(13-15-29)38-30-11-8-16-42(4)23-30)40-32(26)43(33(31)44)22-27(20-36)34(45)48(46,47)18-17-41(2)3/h5-7,9-10,12-15,19-21,30,36,38,45H,1,8,11,16-18,22-23H2,2-4H3,(H,37,39,40)/b34-27-,36-20?. The van der Waals surface area contributed by atoms with Crippen molar-refractivity contribution in [3.05, 3.63) is 106 Å². The first-order valence-electron chi connectivity index (χ1n) is 15.7. The van der Waals surface area contributed by atoms with E-state index in [4.69, 9.17) is 5.41 Å². The number of aliphatic hydroxyl groups excluding tert-OH is 1. The largest absolute Gasteiger partial charge is 0.498 e. The molecule has 5 rings (SSSR count). The molecule has 1 saturated heterocycles. The Hall–Kier alpha value is -4.85. The van der Waals surface area contributed by atoms with Crippen LogP contribution in [0.25, 0.3) is 16.6 Å². The number of nitrogens with one attached hydrogen (secondary N) is 3. The number of fused-ring (bicyclic) bond motifs is 1. The smallest absolute Gasteiger partial charge is 0.260 e. The Kier molecular flexibility index (Phi) is 10.7. The molecule has 2 aromatic heterocycles. The minimum absolute atomic E-state index is 0.171. The molecule has 1 unspecified atom stereocenters. The van der Waals surface area contributed by atoms with Gasteiger partial charge in [0.1, 0.15) is 5.65 Å². The number of pyridine rings is 1. The van der Waals surface area contributed by atoms with Crippen molar-refractivity contribution in [3.8, 4) is 0 Å². The number of aromatic nitrogens is 3. The third-order valence-corrected chi connectivity index (χ3v) is 9.86. The number of nitrogens with zero attached hydrogens (tertiary/aromatic N) is 5. The predicted octanol–water partition coefficient (Wildman–Crippen LogP) is 4.50. The van der Waals surface area contributed by atoms with Crippen LogP contribution in [0.3, 0.4) is 0 Å². The second-order valence-corrected chi connectivity index (χ2v) is 14.3. The van der Waals surface area contributed by atoms with Gasteiger partial charge in [0, 0.05) is 59.4 Å². The summed E-state index contributed by atoms with van der Waals surface area (Å²) in [6.07, 6.45) is 4.59. The Morgan fingerprint density at radius 3 is 2.52 bits per heavy atom. The summed E-state index contributed by atoms with van der Waals surface area (Å²) >= 11 is 0. The highest BCUT2D eigenvalue weighted by molar-refractivity contribution is 7.95. The van der Waals surface area contributed by atoms with Crippen LogP contribution in [0.5, 0.6) is 0 Å². The number of hydrogen-bond acceptors (Lipinski definition) is 11. The zero-order chi connectivity index (χ0) is 34.4. The van der Waals surface area contributed by atoms with Gasteiger partial charge in [-0.3, -0.25) is 9.36 Å². The molecule has 0 spiro atoms. The molecule has 1 fully saturated rings. The Morgan fingerprint density at radius 2 is 1.85 bits per heavy atom. The lowest BCUT2D eigenvalue weighted by atomic mass is 10.00. The quantitative estimate of drug-likeness (QED) is 0.118. The minimum atomic E-state index is -4.13. The molecule has 4 aromatic rings. The van der Waals surface area contributed by atoms with Crippen molar-refractivity contribution in [1.29, 1.82) is 5.41 Å². The van der Waals surface area contributed by atoms with Gasteiger partial charge in [0.25, 0.3) is 5.56 Å². The number of aliphatic hydroxyl groups is 1. The van der Waals surface area contributed by atoms with Gasteiger partial charge in [0.15, 0.2) is 0 Å². The van der Waals surface area contributed by atoms with Gasteiger partial charge in [-0.25, -0.2) is 13.4 Å². The van der Waals surface area contributed by atoms with Crippen LogP contribution in [-0.4, -0.2) is 96.6 Å². The maximum Gasteiger partial charge on any atom is 0.260 e. The third kappa shape index (κ3) is 8.16. The summed E-state index contributed by atoms with van der Waals surface area (Å²) < 4.78 is 27.2. The highest BCUT2D eigenvalue weighted by Gasteiger charge is 2.23. The number of rotatable bonds is 13. The molecule has 1 aliphatic heterocycles. The van der Waals surface area contributed by atoms with Crippen molar-refractivity contribution in [2.24, 2.45) is 0 Å². The fourth-order valence-corrected chi connectivity index (χ4v) is 6.94. The molecule has 252 valence electrons. The van der Waals surface area contributed by atoms with E-state index < -0.39 is 27.0 Å².